The highest BCUT2D eigenvalue weighted by Gasteiger charge is 2.33. The molecular weight excluding hydrogens is 318 g/mol. The molecule has 0 aliphatic carbocycles. The largest absolute Gasteiger partial charge is 0.466 e. The van der Waals surface area contributed by atoms with Crippen LogP contribution in [0.4, 0.5) is 11.6 Å². The zero-order valence-corrected chi connectivity index (χ0v) is 15.0. The molecule has 0 saturated carbocycles. The molecule has 25 heavy (non-hydrogen) atoms. The number of carbonyl (C=O) groups excluding carboxylic acids is 1. The van der Waals surface area contributed by atoms with Crippen LogP contribution >= 0.6 is 0 Å². The first kappa shape index (κ1) is 17.0. The lowest BCUT2D eigenvalue weighted by Gasteiger charge is -2.28. The summed E-state index contributed by atoms with van der Waals surface area (Å²) in [5, 5.41) is 7.41. The van der Waals surface area contributed by atoms with Gasteiger partial charge in [-0.15, -0.1) is 0 Å². The molecule has 0 amide bonds. The molecular formula is C18H23N5O2. The summed E-state index contributed by atoms with van der Waals surface area (Å²) in [5.41, 5.74) is 3.38. The molecule has 0 fully saturated rings. The number of anilines is 2. The van der Waals surface area contributed by atoms with Crippen molar-refractivity contribution in [3.05, 3.63) is 47.4 Å². The first-order valence-electron chi connectivity index (χ1n) is 8.41. The van der Waals surface area contributed by atoms with E-state index < -0.39 is 0 Å². The first-order chi connectivity index (χ1) is 12.1. The number of ether oxygens (including phenoxy) is 1. The number of allylic oxidation sites excluding steroid dienone is 1. The Labute approximate surface area is 147 Å². The molecule has 0 radical (unpaired) electrons. The van der Waals surface area contributed by atoms with E-state index in [2.05, 4.69) is 46.3 Å². The van der Waals surface area contributed by atoms with E-state index in [-0.39, 0.29) is 12.0 Å². The summed E-state index contributed by atoms with van der Waals surface area (Å²) in [4.78, 5) is 18.9. The average Bonchev–Trinajstić information content (AvgIpc) is 3.09. The van der Waals surface area contributed by atoms with Gasteiger partial charge < -0.3 is 15.0 Å². The van der Waals surface area contributed by atoms with Crippen LogP contribution in [0, 0.1) is 0 Å². The van der Waals surface area contributed by atoms with Crippen molar-refractivity contribution in [3.63, 3.8) is 0 Å². The Morgan fingerprint density at radius 3 is 2.56 bits per heavy atom. The van der Waals surface area contributed by atoms with Crippen molar-refractivity contribution in [2.45, 2.75) is 26.8 Å². The van der Waals surface area contributed by atoms with E-state index >= 15 is 0 Å². The van der Waals surface area contributed by atoms with Crippen molar-refractivity contribution < 1.29 is 9.53 Å². The minimum absolute atomic E-state index is 0.364. The highest BCUT2D eigenvalue weighted by Crippen LogP contribution is 2.35. The number of benzene rings is 1. The molecule has 0 spiro atoms. The second-order valence-corrected chi connectivity index (χ2v) is 5.85. The normalized spacial score (nSPS) is 16.2. The molecule has 0 saturated heterocycles. The number of fused-ring (bicyclic) bond motifs is 1. The van der Waals surface area contributed by atoms with Crippen molar-refractivity contribution in [2.75, 3.05) is 30.4 Å². The zero-order chi connectivity index (χ0) is 18.0. The van der Waals surface area contributed by atoms with Gasteiger partial charge in [-0.2, -0.15) is 10.1 Å². The molecule has 1 aromatic heterocycles. The van der Waals surface area contributed by atoms with E-state index in [9.17, 15) is 4.79 Å². The maximum absolute atomic E-state index is 12.4. The Bertz CT molecular complexity index is 790. The van der Waals surface area contributed by atoms with Crippen LogP contribution in [0.25, 0.3) is 0 Å². The Morgan fingerprint density at radius 2 is 1.96 bits per heavy atom. The molecule has 7 nitrogen and oxygen atoms in total. The third-order valence-electron chi connectivity index (χ3n) is 4.54. The van der Waals surface area contributed by atoms with Crippen molar-refractivity contribution >= 4 is 17.6 Å². The van der Waals surface area contributed by atoms with Gasteiger partial charge in [-0.1, -0.05) is 12.1 Å². The Hall–Kier alpha value is -2.83. The van der Waals surface area contributed by atoms with Crippen molar-refractivity contribution in [1.29, 1.82) is 0 Å². The summed E-state index contributed by atoms with van der Waals surface area (Å²) in [7, 11) is 1.39. The second kappa shape index (κ2) is 6.96. The number of rotatable bonds is 5. The second-order valence-electron chi connectivity index (χ2n) is 5.85. The SMILES string of the molecule is CCN(CC)c1ccc([C@@H]2C(C(=O)OC)=C(C)Nc3ncnn32)cc1. The lowest BCUT2D eigenvalue weighted by atomic mass is 9.95. The number of nitrogens with one attached hydrogen (secondary N) is 1. The number of nitrogens with zero attached hydrogens (tertiary/aromatic N) is 4. The maximum Gasteiger partial charge on any atom is 0.338 e. The topological polar surface area (TPSA) is 72.3 Å². The summed E-state index contributed by atoms with van der Waals surface area (Å²) >= 11 is 0. The summed E-state index contributed by atoms with van der Waals surface area (Å²) in [6.07, 6.45) is 1.48. The van der Waals surface area contributed by atoms with Crippen LogP contribution in [0.2, 0.25) is 0 Å². The molecule has 1 atom stereocenters. The van der Waals surface area contributed by atoms with E-state index in [0.717, 1.165) is 30.0 Å². The van der Waals surface area contributed by atoms with Crippen LogP contribution in [0.3, 0.4) is 0 Å². The Balaban J connectivity index is 2.05. The van der Waals surface area contributed by atoms with Gasteiger partial charge in [-0.05, 0) is 38.5 Å². The molecule has 1 aliphatic heterocycles. The number of hydrogen-bond acceptors (Lipinski definition) is 6. The predicted octanol–water partition coefficient (Wildman–Crippen LogP) is 2.59. The molecule has 2 aromatic rings. The number of hydrogen-bond donors (Lipinski definition) is 1. The molecule has 132 valence electrons. The highest BCUT2D eigenvalue weighted by atomic mass is 16.5. The van der Waals surface area contributed by atoms with Gasteiger partial charge in [-0.3, -0.25) is 0 Å². The van der Waals surface area contributed by atoms with Crippen LogP contribution in [0.15, 0.2) is 41.9 Å². The highest BCUT2D eigenvalue weighted by molar-refractivity contribution is 5.92. The molecule has 1 aliphatic rings. The molecule has 0 unspecified atom stereocenters. The summed E-state index contributed by atoms with van der Waals surface area (Å²) < 4.78 is 6.71. The smallest absolute Gasteiger partial charge is 0.338 e. The van der Waals surface area contributed by atoms with E-state index in [1.54, 1.807) is 4.68 Å². The van der Waals surface area contributed by atoms with E-state index in [1.807, 2.05) is 19.1 Å². The standard InChI is InChI=1S/C18H23N5O2/c1-5-22(6-2)14-9-7-13(8-10-14)16-15(17(24)25-4)12(3)21-18-19-11-20-23(16)18/h7-11,16H,5-6H2,1-4H3,(H,19,20,21)/t16-/m1/s1. The minimum atomic E-state index is -0.371. The maximum atomic E-state index is 12.4. The van der Waals surface area contributed by atoms with Crippen LogP contribution in [0.5, 0.6) is 0 Å². The summed E-state index contributed by atoms with van der Waals surface area (Å²) in [5.74, 6) is 0.243. The van der Waals surface area contributed by atoms with Crippen LogP contribution < -0.4 is 10.2 Å². The van der Waals surface area contributed by atoms with Gasteiger partial charge in [0.05, 0.1) is 12.7 Å². The van der Waals surface area contributed by atoms with Crippen LogP contribution in [-0.4, -0.2) is 40.9 Å². The minimum Gasteiger partial charge on any atom is -0.466 e. The molecule has 0 bridgehead atoms. The quantitative estimate of drug-likeness (QED) is 0.843. The fourth-order valence-corrected chi connectivity index (χ4v) is 3.23. The summed E-state index contributed by atoms with van der Waals surface area (Å²) in [6, 6.07) is 7.85. The van der Waals surface area contributed by atoms with Gasteiger partial charge in [0.15, 0.2) is 0 Å². The van der Waals surface area contributed by atoms with Crippen LogP contribution in [0.1, 0.15) is 32.4 Å². The fourth-order valence-electron chi connectivity index (χ4n) is 3.23. The number of aromatic nitrogens is 3. The number of esters is 1. The molecule has 1 N–H and O–H groups in total. The van der Waals surface area contributed by atoms with E-state index in [4.69, 9.17) is 4.74 Å². The van der Waals surface area contributed by atoms with Gasteiger partial charge in [0, 0.05) is 24.5 Å². The first-order valence-corrected chi connectivity index (χ1v) is 8.41. The average molecular weight is 341 g/mol. The van der Waals surface area contributed by atoms with Crippen molar-refractivity contribution in [3.8, 4) is 0 Å². The molecule has 1 aromatic carbocycles. The van der Waals surface area contributed by atoms with Gasteiger partial charge in [-0.25, -0.2) is 9.48 Å². The fraction of sp³-hybridized carbons (Fsp3) is 0.389. The summed E-state index contributed by atoms with van der Waals surface area (Å²) in [6.45, 7) is 8.01. The Morgan fingerprint density at radius 1 is 1.28 bits per heavy atom. The monoisotopic (exact) mass is 341 g/mol. The lowest BCUT2D eigenvalue weighted by Crippen LogP contribution is -2.29. The van der Waals surface area contributed by atoms with Gasteiger partial charge in [0.1, 0.15) is 12.4 Å². The third-order valence-corrected chi connectivity index (χ3v) is 4.54. The third kappa shape index (κ3) is 2.97. The van der Waals surface area contributed by atoms with Gasteiger partial charge >= 0.3 is 5.97 Å². The van der Waals surface area contributed by atoms with Crippen molar-refractivity contribution in [1.82, 2.24) is 14.8 Å². The molecule has 3 rings (SSSR count). The van der Waals surface area contributed by atoms with Crippen molar-refractivity contribution in [2.24, 2.45) is 0 Å². The predicted molar refractivity (Wildman–Crippen MR) is 96.5 cm³/mol. The number of methoxy groups -OCH3 is 1. The van der Waals surface area contributed by atoms with E-state index in [0.29, 0.717) is 11.5 Å². The van der Waals surface area contributed by atoms with Gasteiger partial charge in [0.2, 0.25) is 5.95 Å². The zero-order valence-electron chi connectivity index (χ0n) is 15.0. The number of carbonyl (C=O) groups is 1. The molecule has 7 heteroatoms. The Kier molecular flexibility index (Phi) is 4.74. The van der Waals surface area contributed by atoms with E-state index in [1.165, 1.54) is 13.4 Å². The molecule has 2 heterocycles. The van der Waals surface area contributed by atoms with Gasteiger partial charge in [0.25, 0.3) is 0 Å². The lowest BCUT2D eigenvalue weighted by molar-refractivity contribution is -0.136. The van der Waals surface area contributed by atoms with Crippen LogP contribution in [-0.2, 0) is 9.53 Å².